The second-order valence-corrected chi connectivity index (χ2v) is 7.48. The van der Waals surface area contributed by atoms with Gasteiger partial charge in [0.1, 0.15) is 34.6 Å². The van der Waals surface area contributed by atoms with Crippen molar-refractivity contribution in [3.63, 3.8) is 0 Å². The highest BCUT2D eigenvalue weighted by Crippen LogP contribution is 2.43. The summed E-state index contributed by atoms with van der Waals surface area (Å²) in [7, 11) is 0. The van der Waals surface area contributed by atoms with Crippen LogP contribution < -0.4 is 24.7 Å². The Labute approximate surface area is 197 Å². The van der Waals surface area contributed by atoms with Crippen molar-refractivity contribution in [1.29, 1.82) is 5.26 Å². The molecule has 2 N–H and O–H groups in total. The maximum absolute atomic E-state index is 12.7. The van der Waals surface area contributed by atoms with Gasteiger partial charge >= 0.3 is 5.97 Å². The fourth-order valence-corrected chi connectivity index (χ4v) is 3.81. The number of esters is 1. The Morgan fingerprint density at radius 3 is 2.38 bits per heavy atom. The van der Waals surface area contributed by atoms with E-state index in [1.807, 2.05) is 38.1 Å². The van der Waals surface area contributed by atoms with E-state index in [4.69, 9.17) is 24.7 Å². The van der Waals surface area contributed by atoms with Crippen LogP contribution in [-0.4, -0.2) is 19.2 Å². The van der Waals surface area contributed by atoms with Gasteiger partial charge in [0.05, 0.1) is 24.7 Å². The highest BCUT2D eigenvalue weighted by Gasteiger charge is 2.31. The Kier molecular flexibility index (Phi) is 6.69. The predicted octanol–water partition coefficient (Wildman–Crippen LogP) is 4.92. The molecule has 0 spiro atoms. The number of hydrogen-bond donors (Lipinski definition) is 1. The SMILES string of the molecule is CCOc1ccc(C2C(C#N)=C(N)Oc3cc(OC(=O)c4cccc(OCC)c4)ccc32)cc1. The number of benzene rings is 3. The quantitative estimate of drug-likeness (QED) is 0.397. The minimum atomic E-state index is -0.526. The molecule has 3 aromatic rings. The van der Waals surface area contributed by atoms with E-state index in [0.29, 0.717) is 41.6 Å². The molecule has 7 heteroatoms. The van der Waals surface area contributed by atoms with Crippen LogP contribution in [0.3, 0.4) is 0 Å². The zero-order valence-electron chi connectivity index (χ0n) is 18.9. The molecule has 0 bridgehead atoms. The molecule has 4 rings (SSSR count). The number of hydrogen-bond acceptors (Lipinski definition) is 7. The van der Waals surface area contributed by atoms with Crippen LogP contribution in [0.25, 0.3) is 0 Å². The molecule has 0 radical (unpaired) electrons. The van der Waals surface area contributed by atoms with E-state index < -0.39 is 11.9 Å². The average Bonchev–Trinajstić information content (AvgIpc) is 2.84. The summed E-state index contributed by atoms with van der Waals surface area (Å²) in [5.74, 6) is 1.11. The standard InChI is InChI=1S/C27H24N2O5/c1-3-31-19-10-8-17(9-11-19)25-22-13-12-21(15-24(22)34-26(29)23(25)16-28)33-27(30)18-6-5-7-20(14-18)32-4-2/h5-15,25H,3-4,29H2,1-2H3. The molecule has 1 aliphatic rings. The molecular weight excluding hydrogens is 432 g/mol. The Hall–Kier alpha value is -4.44. The zero-order valence-corrected chi connectivity index (χ0v) is 18.9. The summed E-state index contributed by atoms with van der Waals surface area (Å²) in [4.78, 5) is 12.7. The topological polar surface area (TPSA) is 104 Å². The number of carbonyl (C=O) groups excluding carboxylic acids is 1. The number of nitrogens with zero attached hydrogens (tertiary/aromatic N) is 1. The minimum absolute atomic E-state index is 0.0155. The molecule has 0 fully saturated rings. The number of rotatable bonds is 7. The second kappa shape index (κ2) is 10.0. The molecule has 1 unspecified atom stereocenters. The van der Waals surface area contributed by atoms with Crippen molar-refractivity contribution in [2.75, 3.05) is 13.2 Å². The molecular formula is C27H24N2O5. The van der Waals surface area contributed by atoms with Gasteiger partial charge in [0.25, 0.3) is 0 Å². The molecule has 34 heavy (non-hydrogen) atoms. The number of ether oxygens (including phenoxy) is 4. The first kappa shape index (κ1) is 22.7. The van der Waals surface area contributed by atoms with Crippen LogP contribution in [0.15, 0.2) is 78.2 Å². The van der Waals surface area contributed by atoms with Crippen LogP contribution in [0.1, 0.15) is 41.3 Å². The van der Waals surface area contributed by atoms with Gasteiger partial charge in [-0.2, -0.15) is 5.26 Å². The van der Waals surface area contributed by atoms with Gasteiger partial charge < -0.3 is 24.7 Å². The van der Waals surface area contributed by atoms with E-state index >= 15 is 0 Å². The maximum atomic E-state index is 12.7. The van der Waals surface area contributed by atoms with Crippen molar-refractivity contribution in [3.05, 3.63) is 94.9 Å². The van der Waals surface area contributed by atoms with Gasteiger partial charge in [-0.1, -0.05) is 24.3 Å². The molecule has 7 nitrogen and oxygen atoms in total. The van der Waals surface area contributed by atoms with E-state index in [9.17, 15) is 10.1 Å². The molecule has 0 amide bonds. The summed E-state index contributed by atoms with van der Waals surface area (Å²) >= 11 is 0. The van der Waals surface area contributed by atoms with Gasteiger partial charge in [-0.15, -0.1) is 0 Å². The van der Waals surface area contributed by atoms with Gasteiger partial charge in [-0.3, -0.25) is 0 Å². The molecule has 3 aromatic carbocycles. The Morgan fingerprint density at radius 2 is 1.68 bits per heavy atom. The number of carbonyl (C=O) groups is 1. The first-order valence-electron chi connectivity index (χ1n) is 10.9. The van der Waals surface area contributed by atoms with Crippen molar-refractivity contribution < 1.29 is 23.7 Å². The summed E-state index contributed by atoms with van der Waals surface area (Å²) in [6.07, 6.45) is 0. The summed E-state index contributed by atoms with van der Waals surface area (Å²) in [6, 6.07) is 21.5. The third-order valence-electron chi connectivity index (χ3n) is 5.31. The highest BCUT2D eigenvalue weighted by molar-refractivity contribution is 5.91. The molecule has 0 aliphatic carbocycles. The van der Waals surface area contributed by atoms with E-state index in [1.54, 1.807) is 42.5 Å². The monoisotopic (exact) mass is 456 g/mol. The van der Waals surface area contributed by atoms with Crippen molar-refractivity contribution in [1.82, 2.24) is 0 Å². The lowest BCUT2D eigenvalue weighted by atomic mass is 9.83. The molecule has 0 aromatic heterocycles. The largest absolute Gasteiger partial charge is 0.494 e. The molecule has 172 valence electrons. The van der Waals surface area contributed by atoms with Crippen LogP contribution in [0, 0.1) is 11.3 Å². The summed E-state index contributed by atoms with van der Waals surface area (Å²) in [6.45, 7) is 4.85. The van der Waals surface area contributed by atoms with E-state index in [0.717, 1.165) is 16.9 Å². The Bertz CT molecular complexity index is 1270. The summed E-state index contributed by atoms with van der Waals surface area (Å²) < 4.78 is 22.3. The van der Waals surface area contributed by atoms with Crippen molar-refractivity contribution in [3.8, 4) is 29.1 Å². The van der Waals surface area contributed by atoms with Crippen LogP contribution >= 0.6 is 0 Å². The van der Waals surface area contributed by atoms with Gasteiger partial charge in [-0.25, -0.2) is 4.79 Å². The van der Waals surface area contributed by atoms with Crippen LogP contribution in [-0.2, 0) is 0 Å². The van der Waals surface area contributed by atoms with Crippen molar-refractivity contribution in [2.24, 2.45) is 5.73 Å². The van der Waals surface area contributed by atoms with E-state index in [1.165, 1.54) is 0 Å². The van der Waals surface area contributed by atoms with Gasteiger partial charge in [0, 0.05) is 11.6 Å². The Morgan fingerprint density at radius 1 is 0.971 bits per heavy atom. The van der Waals surface area contributed by atoms with E-state index in [-0.39, 0.29) is 5.88 Å². The third kappa shape index (κ3) is 4.66. The number of fused-ring (bicyclic) bond motifs is 1. The number of allylic oxidation sites excluding steroid dienone is 1. The normalized spacial score (nSPS) is 14.4. The number of nitriles is 1. The fraction of sp³-hybridized carbons (Fsp3) is 0.185. The molecule has 1 aliphatic heterocycles. The number of nitrogens with two attached hydrogens (primary N) is 1. The maximum Gasteiger partial charge on any atom is 0.343 e. The van der Waals surface area contributed by atoms with E-state index in [2.05, 4.69) is 6.07 Å². The zero-order chi connectivity index (χ0) is 24.1. The van der Waals surface area contributed by atoms with Gasteiger partial charge in [0.15, 0.2) is 0 Å². The summed E-state index contributed by atoms with van der Waals surface area (Å²) in [5, 5.41) is 9.75. The van der Waals surface area contributed by atoms with Crippen LogP contribution in [0.4, 0.5) is 0 Å². The van der Waals surface area contributed by atoms with Gasteiger partial charge in [0.2, 0.25) is 5.88 Å². The molecule has 1 heterocycles. The second-order valence-electron chi connectivity index (χ2n) is 7.48. The van der Waals surface area contributed by atoms with Gasteiger partial charge in [-0.05, 0) is 55.8 Å². The lowest BCUT2D eigenvalue weighted by Crippen LogP contribution is -2.21. The van der Waals surface area contributed by atoms with Crippen LogP contribution in [0.5, 0.6) is 23.0 Å². The molecule has 0 saturated heterocycles. The van der Waals surface area contributed by atoms with Crippen molar-refractivity contribution in [2.45, 2.75) is 19.8 Å². The Balaban J connectivity index is 1.63. The van der Waals surface area contributed by atoms with Crippen molar-refractivity contribution >= 4 is 5.97 Å². The smallest absolute Gasteiger partial charge is 0.343 e. The predicted molar refractivity (Wildman–Crippen MR) is 126 cm³/mol. The third-order valence-corrected chi connectivity index (χ3v) is 5.31. The average molecular weight is 456 g/mol. The van der Waals surface area contributed by atoms with Crippen LogP contribution in [0.2, 0.25) is 0 Å². The summed E-state index contributed by atoms with van der Waals surface area (Å²) in [5.41, 5.74) is 8.37. The highest BCUT2D eigenvalue weighted by atomic mass is 16.5. The lowest BCUT2D eigenvalue weighted by molar-refractivity contribution is 0.0734. The lowest BCUT2D eigenvalue weighted by Gasteiger charge is -2.26. The fourth-order valence-electron chi connectivity index (χ4n) is 3.81. The molecule has 0 saturated carbocycles. The first-order chi connectivity index (χ1) is 16.5. The molecule has 1 atom stereocenters. The first-order valence-corrected chi connectivity index (χ1v) is 10.9. The minimum Gasteiger partial charge on any atom is -0.494 e.